The van der Waals surface area contributed by atoms with Gasteiger partial charge in [0, 0.05) is 33.5 Å². The molecule has 0 spiro atoms. The van der Waals surface area contributed by atoms with Crippen LogP contribution in [-0.4, -0.2) is 0 Å². The predicted molar refractivity (Wildman–Crippen MR) is 61.6 cm³/mol. The maximum absolute atomic E-state index is 5.80. The summed E-state index contributed by atoms with van der Waals surface area (Å²) < 4.78 is 0. The van der Waals surface area contributed by atoms with Crippen LogP contribution in [0, 0.1) is 0 Å². The van der Waals surface area contributed by atoms with Crippen molar-refractivity contribution in [1.82, 2.24) is 0 Å². The highest BCUT2D eigenvalue weighted by molar-refractivity contribution is 6.12. The molecule has 0 radical (unpaired) electrons. The molecule has 0 aliphatic rings. The first-order valence-corrected chi connectivity index (χ1v) is 4.23. The van der Waals surface area contributed by atoms with E-state index >= 15 is 0 Å². The van der Waals surface area contributed by atoms with Crippen molar-refractivity contribution in [3.05, 3.63) is 24.3 Å². The fraction of sp³-hybridized carbons (Fsp3) is 0. The zero-order chi connectivity index (χ0) is 10.3. The lowest BCUT2D eigenvalue weighted by Crippen LogP contribution is -1.99. The normalized spacial score (nSPS) is 10.6. The fourth-order valence-corrected chi connectivity index (χ4v) is 1.60. The van der Waals surface area contributed by atoms with E-state index in [2.05, 4.69) is 0 Å². The van der Waals surface area contributed by atoms with Crippen LogP contribution in [0.15, 0.2) is 24.3 Å². The molecule has 0 aliphatic carbocycles. The average Bonchev–Trinajstić information content (AvgIpc) is 2.16. The van der Waals surface area contributed by atoms with E-state index in [4.69, 9.17) is 22.9 Å². The molecule has 0 amide bonds. The molecule has 4 heteroatoms. The highest BCUT2D eigenvalue weighted by atomic mass is 14.7. The number of hydrogen-bond acceptors (Lipinski definition) is 4. The molecule has 0 atom stereocenters. The predicted octanol–water partition coefficient (Wildman–Crippen LogP) is 1.17. The molecule has 8 N–H and O–H groups in total. The van der Waals surface area contributed by atoms with E-state index < -0.39 is 0 Å². The van der Waals surface area contributed by atoms with Crippen LogP contribution in [-0.2, 0) is 0 Å². The second kappa shape index (κ2) is 2.70. The number of rotatable bonds is 0. The molecule has 72 valence electrons. The van der Waals surface area contributed by atoms with E-state index in [1.165, 1.54) is 0 Å². The molecular weight excluding hydrogens is 176 g/mol. The first kappa shape index (κ1) is 8.50. The fourth-order valence-electron chi connectivity index (χ4n) is 1.60. The average molecular weight is 188 g/mol. The Morgan fingerprint density at radius 3 is 0.929 bits per heavy atom. The van der Waals surface area contributed by atoms with E-state index in [1.54, 1.807) is 24.3 Å². The van der Waals surface area contributed by atoms with Gasteiger partial charge in [0.15, 0.2) is 0 Å². The van der Waals surface area contributed by atoms with Gasteiger partial charge in [0.1, 0.15) is 0 Å². The Hall–Kier alpha value is -2.10. The lowest BCUT2D eigenvalue weighted by atomic mass is 10.0. The molecule has 0 saturated heterocycles. The van der Waals surface area contributed by atoms with E-state index in [1.807, 2.05) is 0 Å². The SMILES string of the molecule is Nc1ccc(N)c2c(N)ccc(N)c12. The van der Waals surface area contributed by atoms with E-state index in [0.29, 0.717) is 22.7 Å². The first-order chi connectivity index (χ1) is 6.61. The van der Waals surface area contributed by atoms with Crippen LogP contribution in [0.4, 0.5) is 22.7 Å². The Labute approximate surface area is 81.5 Å². The molecule has 0 bridgehead atoms. The van der Waals surface area contributed by atoms with Gasteiger partial charge in [0.2, 0.25) is 0 Å². The summed E-state index contributed by atoms with van der Waals surface area (Å²) in [4.78, 5) is 0. The van der Waals surface area contributed by atoms with Gasteiger partial charge in [0.25, 0.3) is 0 Å². The molecule has 4 nitrogen and oxygen atoms in total. The Morgan fingerprint density at radius 2 is 0.714 bits per heavy atom. The second-order valence-electron chi connectivity index (χ2n) is 3.24. The minimum absolute atomic E-state index is 0.596. The largest absolute Gasteiger partial charge is 0.398 e. The molecule has 0 aliphatic heterocycles. The van der Waals surface area contributed by atoms with Gasteiger partial charge in [0.05, 0.1) is 0 Å². The smallest absolute Gasteiger partial charge is 0.0416 e. The molecule has 0 fully saturated rings. The molecular formula is C10H12N4. The summed E-state index contributed by atoms with van der Waals surface area (Å²) in [6, 6.07) is 6.92. The maximum Gasteiger partial charge on any atom is 0.0416 e. The van der Waals surface area contributed by atoms with Gasteiger partial charge in [-0.05, 0) is 24.3 Å². The van der Waals surface area contributed by atoms with Gasteiger partial charge < -0.3 is 22.9 Å². The second-order valence-corrected chi connectivity index (χ2v) is 3.24. The molecule has 0 aromatic heterocycles. The van der Waals surface area contributed by atoms with Crippen LogP contribution >= 0.6 is 0 Å². The third-order valence-corrected chi connectivity index (χ3v) is 2.29. The number of nitrogen functional groups attached to an aromatic ring is 4. The van der Waals surface area contributed by atoms with E-state index in [0.717, 1.165) is 10.8 Å². The summed E-state index contributed by atoms with van der Waals surface area (Å²) in [7, 11) is 0. The van der Waals surface area contributed by atoms with Gasteiger partial charge in [-0.25, -0.2) is 0 Å². The third kappa shape index (κ3) is 1.01. The Morgan fingerprint density at radius 1 is 0.500 bits per heavy atom. The van der Waals surface area contributed by atoms with E-state index in [9.17, 15) is 0 Å². The van der Waals surface area contributed by atoms with E-state index in [-0.39, 0.29) is 0 Å². The lowest BCUT2D eigenvalue weighted by Gasteiger charge is -2.10. The zero-order valence-corrected chi connectivity index (χ0v) is 7.62. The number of anilines is 4. The van der Waals surface area contributed by atoms with Crippen molar-refractivity contribution in [2.75, 3.05) is 22.9 Å². The molecule has 0 saturated carbocycles. The highest BCUT2D eigenvalue weighted by Crippen LogP contribution is 2.34. The van der Waals surface area contributed by atoms with Crippen LogP contribution in [0.25, 0.3) is 10.8 Å². The summed E-state index contributed by atoms with van der Waals surface area (Å²) >= 11 is 0. The summed E-state index contributed by atoms with van der Waals surface area (Å²) in [5, 5.41) is 1.48. The monoisotopic (exact) mass is 188 g/mol. The first-order valence-electron chi connectivity index (χ1n) is 4.23. The molecule has 14 heavy (non-hydrogen) atoms. The minimum Gasteiger partial charge on any atom is -0.398 e. The zero-order valence-electron chi connectivity index (χ0n) is 7.62. The number of benzene rings is 2. The summed E-state index contributed by atoms with van der Waals surface area (Å²) in [6.07, 6.45) is 0. The van der Waals surface area contributed by atoms with Gasteiger partial charge in [-0.15, -0.1) is 0 Å². The van der Waals surface area contributed by atoms with Crippen LogP contribution in [0.2, 0.25) is 0 Å². The molecule has 0 heterocycles. The Bertz CT molecular complexity index is 416. The number of fused-ring (bicyclic) bond motifs is 1. The molecule has 0 unspecified atom stereocenters. The molecule has 2 aromatic carbocycles. The summed E-state index contributed by atoms with van der Waals surface area (Å²) in [5.41, 5.74) is 25.6. The standard InChI is InChI=1S/C10H12N4/c11-5-1-2-6(12)10-8(14)4-3-7(13)9(5)10/h1-4H,11-14H2. The minimum atomic E-state index is 0.596. The van der Waals surface area contributed by atoms with Gasteiger partial charge in [-0.1, -0.05) is 0 Å². The van der Waals surface area contributed by atoms with Crippen molar-refractivity contribution >= 4 is 33.5 Å². The van der Waals surface area contributed by atoms with Gasteiger partial charge in [-0.2, -0.15) is 0 Å². The third-order valence-electron chi connectivity index (χ3n) is 2.29. The van der Waals surface area contributed by atoms with Gasteiger partial charge >= 0.3 is 0 Å². The van der Waals surface area contributed by atoms with Crippen LogP contribution in [0.1, 0.15) is 0 Å². The van der Waals surface area contributed by atoms with Crippen LogP contribution in [0.5, 0.6) is 0 Å². The number of hydrogen-bond donors (Lipinski definition) is 4. The number of nitrogens with two attached hydrogens (primary N) is 4. The van der Waals surface area contributed by atoms with Crippen molar-refractivity contribution in [2.24, 2.45) is 0 Å². The summed E-state index contributed by atoms with van der Waals surface area (Å²) in [5.74, 6) is 0. The van der Waals surface area contributed by atoms with Crippen molar-refractivity contribution in [3.63, 3.8) is 0 Å². The van der Waals surface area contributed by atoms with Crippen molar-refractivity contribution in [3.8, 4) is 0 Å². The van der Waals surface area contributed by atoms with Crippen LogP contribution < -0.4 is 22.9 Å². The quantitative estimate of drug-likeness (QED) is 0.466. The Kier molecular flexibility index (Phi) is 1.64. The topological polar surface area (TPSA) is 104 Å². The van der Waals surface area contributed by atoms with Crippen molar-refractivity contribution < 1.29 is 0 Å². The highest BCUT2D eigenvalue weighted by Gasteiger charge is 2.07. The Balaban J connectivity index is 3.05. The molecule has 2 rings (SSSR count). The van der Waals surface area contributed by atoms with Crippen molar-refractivity contribution in [1.29, 1.82) is 0 Å². The van der Waals surface area contributed by atoms with Crippen molar-refractivity contribution in [2.45, 2.75) is 0 Å². The maximum atomic E-state index is 5.80. The lowest BCUT2D eigenvalue weighted by molar-refractivity contribution is 1.69. The van der Waals surface area contributed by atoms with Crippen LogP contribution in [0.3, 0.4) is 0 Å². The molecule has 2 aromatic rings. The van der Waals surface area contributed by atoms with Gasteiger partial charge in [-0.3, -0.25) is 0 Å². The summed E-state index contributed by atoms with van der Waals surface area (Å²) in [6.45, 7) is 0.